The Balaban J connectivity index is 1.77. The topological polar surface area (TPSA) is 88.4 Å². The first-order chi connectivity index (χ1) is 19.9. The maximum Gasteiger partial charge on any atom is 0.338 e. The van der Waals surface area contributed by atoms with E-state index in [0.29, 0.717) is 56.6 Å². The number of esters is 1. The number of nitrogens with zero attached hydrogens (tertiary/aromatic N) is 2. The molecular weight excluding hydrogens is 540 g/mol. The number of methoxy groups -OCH3 is 1. The fourth-order valence-corrected chi connectivity index (χ4v) is 6.11. The lowest BCUT2D eigenvalue weighted by molar-refractivity contribution is -0.139. The quantitative estimate of drug-likeness (QED) is 0.269. The smallest absolute Gasteiger partial charge is 0.338 e. The molecule has 1 atom stereocenters. The van der Waals surface area contributed by atoms with Crippen LogP contribution in [0.15, 0.2) is 75.7 Å². The van der Waals surface area contributed by atoms with Crippen LogP contribution in [0.4, 0.5) is 0 Å². The van der Waals surface area contributed by atoms with E-state index in [1.165, 1.54) is 11.3 Å². The minimum Gasteiger partial charge on any atom is -0.496 e. The van der Waals surface area contributed by atoms with Crippen molar-refractivity contribution in [2.45, 2.75) is 33.7 Å². The Morgan fingerprint density at radius 3 is 2.44 bits per heavy atom. The molecule has 5 rings (SSSR count). The Morgan fingerprint density at radius 2 is 1.71 bits per heavy atom. The Morgan fingerprint density at radius 1 is 0.976 bits per heavy atom. The molecule has 9 heteroatoms. The second kappa shape index (κ2) is 12.0. The molecule has 1 aliphatic rings. The number of aromatic nitrogens is 1. The summed E-state index contributed by atoms with van der Waals surface area (Å²) in [6.07, 6.45) is 1.84. The molecule has 0 fully saturated rings. The average Bonchev–Trinajstić information content (AvgIpc) is 3.27. The van der Waals surface area contributed by atoms with Crippen molar-refractivity contribution in [2.75, 3.05) is 26.9 Å². The first-order valence-electron chi connectivity index (χ1n) is 13.6. The summed E-state index contributed by atoms with van der Waals surface area (Å²) in [5.74, 6) is 1.26. The molecule has 0 radical (unpaired) electrons. The molecule has 0 N–H and O–H groups in total. The highest BCUT2D eigenvalue weighted by molar-refractivity contribution is 7.07. The number of rotatable bonds is 9. The van der Waals surface area contributed by atoms with Crippen molar-refractivity contribution in [2.24, 2.45) is 4.99 Å². The van der Waals surface area contributed by atoms with Gasteiger partial charge in [0.25, 0.3) is 5.56 Å². The Bertz CT molecular complexity index is 1840. The van der Waals surface area contributed by atoms with Crippen molar-refractivity contribution in [3.63, 3.8) is 0 Å². The molecular formula is C32H32N2O6S. The van der Waals surface area contributed by atoms with Gasteiger partial charge in [0, 0.05) is 5.56 Å². The van der Waals surface area contributed by atoms with Crippen molar-refractivity contribution in [3.05, 3.63) is 96.7 Å². The number of carbonyl (C=O) groups is 1. The first kappa shape index (κ1) is 28.2. The van der Waals surface area contributed by atoms with Gasteiger partial charge in [-0.15, -0.1) is 0 Å². The maximum atomic E-state index is 14.2. The van der Waals surface area contributed by atoms with Gasteiger partial charge in [-0.1, -0.05) is 47.7 Å². The summed E-state index contributed by atoms with van der Waals surface area (Å²) in [6, 6.07) is 16.5. The van der Waals surface area contributed by atoms with E-state index in [9.17, 15) is 9.59 Å². The summed E-state index contributed by atoms with van der Waals surface area (Å²) in [7, 11) is 1.61. The molecule has 0 unspecified atom stereocenters. The lowest BCUT2D eigenvalue weighted by Crippen LogP contribution is -2.40. The van der Waals surface area contributed by atoms with Gasteiger partial charge >= 0.3 is 5.97 Å². The normalized spacial score (nSPS) is 15.0. The number of allylic oxidation sites excluding steroid dienone is 1. The molecule has 41 heavy (non-hydrogen) atoms. The van der Waals surface area contributed by atoms with Crippen LogP contribution < -0.4 is 29.1 Å². The Labute approximate surface area is 241 Å². The Kier molecular flexibility index (Phi) is 8.26. The Hall–Kier alpha value is -4.37. The lowest BCUT2D eigenvalue weighted by atomic mass is 9.95. The maximum absolute atomic E-state index is 14.2. The van der Waals surface area contributed by atoms with Gasteiger partial charge < -0.3 is 18.9 Å². The van der Waals surface area contributed by atoms with Gasteiger partial charge in [0.05, 0.1) is 48.8 Å². The van der Waals surface area contributed by atoms with Crippen LogP contribution in [0.3, 0.4) is 0 Å². The predicted molar refractivity (Wildman–Crippen MR) is 160 cm³/mol. The van der Waals surface area contributed by atoms with E-state index in [2.05, 4.69) is 0 Å². The number of hydrogen-bond donors (Lipinski definition) is 0. The number of carbonyl (C=O) groups excluding carboxylic acids is 1. The third kappa shape index (κ3) is 5.25. The van der Waals surface area contributed by atoms with Crippen LogP contribution in [0.1, 0.15) is 44.9 Å². The van der Waals surface area contributed by atoms with Crippen LogP contribution >= 0.6 is 11.3 Å². The molecule has 1 aliphatic heterocycles. The van der Waals surface area contributed by atoms with Crippen molar-refractivity contribution < 1.29 is 23.7 Å². The minimum absolute atomic E-state index is 0.196. The monoisotopic (exact) mass is 572 g/mol. The third-order valence-corrected chi connectivity index (χ3v) is 7.81. The van der Waals surface area contributed by atoms with Gasteiger partial charge in [-0.05, 0) is 68.3 Å². The van der Waals surface area contributed by atoms with E-state index in [-0.39, 0.29) is 12.2 Å². The van der Waals surface area contributed by atoms with E-state index in [1.807, 2.05) is 68.5 Å². The van der Waals surface area contributed by atoms with Crippen molar-refractivity contribution in [1.29, 1.82) is 0 Å². The second-order valence-corrected chi connectivity index (χ2v) is 10.3. The highest BCUT2D eigenvalue weighted by atomic mass is 32.1. The minimum atomic E-state index is -0.767. The summed E-state index contributed by atoms with van der Waals surface area (Å²) in [5.41, 5.74) is 2.02. The van der Waals surface area contributed by atoms with E-state index in [0.717, 1.165) is 16.3 Å². The van der Waals surface area contributed by atoms with Crippen molar-refractivity contribution in [3.8, 4) is 17.2 Å². The van der Waals surface area contributed by atoms with Crippen LogP contribution in [0, 0.1) is 0 Å². The number of ether oxygens (including phenoxy) is 4. The lowest BCUT2D eigenvalue weighted by Gasteiger charge is -2.25. The van der Waals surface area contributed by atoms with Crippen LogP contribution in [-0.2, 0) is 9.53 Å². The van der Waals surface area contributed by atoms with Gasteiger partial charge in [-0.25, -0.2) is 9.79 Å². The van der Waals surface area contributed by atoms with E-state index < -0.39 is 12.0 Å². The molecule has 0 spiro atoms. The fraction of sp³-hybridized carbons (Fsp3) is 0.281. The molecule has 3 aromatic carbocycles. The van der Waals surface area contributed by atoms with Crippen LogP contribution in [0.5, 0.6) is 17.2 Å². The van der Waals surface area contributed by atoms with Gasteiger partial charge in [0.15, 0.2) is 16.3 Å². The SMILES string of the molecule is CCOC(=O)C1=C(C)N=c2s/c(=C\c3c(OC)ccc4ccccc34)c(=O)n2[C@H]1c1ccc(OCC)c(OCC)c1. The number of benzene rings is 3. The molecule has 8 nitrogen and oxygen atoms in total. The molecule has 0 saturated heterocycles. The van der Waals surface area contributed by atoms with Crippen LogP contribution in [-0.4, -0.2) is 37.5 Å². The molecule has 0 amide bonds. The second-order valence-electron chi connectivity index (χ2n) is 9.28. The van der Waals surface area contributed by atoms with E-state index in [1.54, 1.807) is 31.6 Å². The van der Waals surface area contributed by atoms with E-state index in [4.69, 9.17) is 23.9 Å². The summed E-state index contributed by atoms with van der Waals surface area (Å²) in [4.78, 5) is 32.6. The highest BCUT2D eigenvalue weighted by Gasteiger charge is 2.34. The van der Waals surface area contributed by atoms with E-state index >= 15 is 0 Å². The van der Waals surface area contributed by atoms with Gasteiger partial charge in [-0.3, -0.25) is 9.36 Å². The zero-order valence-corrected chi connectivity index (χ0v) is 24.5. The number of thiazole rings is 1. The van der Waals surface area contributed by atoms with Crippen LogP contribution in [0.25, 0.3) is 16.8 Å². The zero-order valence-electron chi connectivity index (χ0n) is 23.7. The standard InChI is InChI=1S/C32H32N2O6S/c1-6-38-25-16-14-21(17-26(25)39-7-2)29-28(31(36)40-8-3)19(4)33-32-34(29)30(35)27(41-32)18-23-22-12-10-9-11-20(22)13-15-24(23)37-5/h9-18,29H,6-8H2,1-5H3/b27-18-/t29-/m0/s1. The number of fused-ring (bicyclic) bond motifs is 2. The molecule has 0 saturated carbocycles. The summed E-state index contributed by atoms with van der Waals surface area (Å²) in [6.45, 7) is 8.40. The summed E-state index contributed by atoms with van der Waals surface area (Å²) < 4.78 is 24.8. The summed E-state index contributed by atoms with van der Waals surface area (Å²) >= 11 is 1.27. The van der Waals surface area contributed by atoms with Crippen LogP contribution in [0.2, 0.25) is 0 Å². The molecule has 4 aromatic rings. The van der Waals surface area contributed by atoms with Crippen molar-refractivity contribution in [1.82, 2.24) is 4.57 Å². The average molecular weight is 573 g/mol. The van der Waals surface area contributed by atoms with Gasteiger partial charge in [-0.2, -0.15) is 0 Å². The zero-order chi connectivity index (χ0) is 29.1. The molecule has 212 valence electrons. The fourth-order valence-electron chi connectivity index (χ4n) is 5.08. The van der Waals surface area contributed by atoms with Crippen molar-refractivity contribution >= 4 is 34.2 Å². The summed E-state index contributed by atoms with van der Waals surface area (Å²) in [5, 5.41) is 1.99. The third-order valence-electron chi connectivity index (χ3n) is 6.83. The largest absolute Gasteiger partial charge is 0.496 e. The number of hydrogen-bond acceptors (Lipinski definition) is 8. The van der Waals surface area contributed by atoms with Gasteiger partial charge in [0.1, 0.15) is 5.75 Å². The first-order valence-corrected chi connectivity index (χ1v) is 14.4. The highest BCUT2D eigenvalue weighted by Crippen LogP contribution is 2.36. The molecule has 1 aromatic heterocycles. The molecule has 0 aliphatic carbocycles. The molecule has 2 heterocycles. The van der Waals surface area contributed by atoms with Gasteiger partial charge in [0.2, 0.25) is 0 Å². The molecule has 0 bridgehead atoms. The predicted octanol–water partition coefficient (Wildman–Crippen LogP) is 4.76.